The van der Waals surface area contributed by atoms with Gasteiger partial charge in [0.2, 0.25) is 0 Å². The van der Waals surface area contributed by atoms with E-state index in [0.717, 1.165) is 11.8 Å². The predicted molar refractivity (Wildman–Crippen MR) is 79.5 cm³/mol. The van der Waals surface area contributed by atoms with Crippen LogP contribution in [0, 0.1) is 11.8 Å². The number of nitrogens with one attached hydrogen (secondary N) is 1. The molecule has 1 heterocycles. The van der Waals surface area contributed by atoms with Gasteiger partial charge in [0.25, 0.3) is 0 Å². The molecule has 4 atom stereocenters. The summed E-state index contributed by atoms with van der Waals surface area (Å²) >= 11 is 5.47. The summed E-state index contributed by atoms with van der Waals surface area (Å²) in [7, 11) is 0. The number of halogens is 1. The first-order chi connectivity index (χ1) is 8.13. The van der Waals surface area contributed by atoms with Crippen LogP contribution in [0.4, 0.5) is 0 Å². The largest absolute Gasteiger partial charge is 0.306 e. The first-order valence-corrected chi connectivity index (χ1v) is 8.29. The van der Waals surface area contributed by atoms with Crippen LogP contribution in [-0.2, 0) is 0 Å². The van der Waals surface area contributed by atoms with Crippen LogP contribution < -0.4 is 5.32 Å². The third kappa shape index (κ3) is 2.94. The molecule has 1 aliphatic rings. The van der Waals surface area contributed by atoms with Gasteiger partial charge < -0.3 is 5.32 Å². The van der Waals surface area contributed by atoms with Crippen molar-refractivity contribution in [3.05, 3.63) is 20.8 Å². The average molecular weight is 316 g/mol. The van der Waals surface area contributed by atoms with Crippen LogP contribution >= 0.6 is 27.3 Å². The molecule has 4 unspecified atom stereocenters. The van der Waals surface area contributed by atoms with Crippen LogP contribution in [0.1, 0.15) is 51.0 Å². The molecule has 1 aliphatic carbocycles. The molecule has 1 fully saturated rings. The van der Waals surface area contributed by atoms with E-state index < -0.39 is 0 Å². The van der Waals surface area contributed by atoms with Gasteiger partial charge in [0, 0.05) is 21.4 Å². The van der Waals surface area contributed by atoms with Crippen molar-refractivity contribution in [1.29, 1.82) is 0 Å². The molecule has 1 saturated carbocycles. The standard InChI is InChI=1S/C14H22BrNS/c1-4-11-5-6-13(9(11)2)16-10(3)14-12(15)7-8-17-14/h7-11,13,16H,4-6H2,1-3H3. The summed E-state index contributed by atoms with van der Waals surface area (Å²) in [4.78, 5) is 1.43. The van der Waals surface area contributed by atoms with Gasteiger partial charge >= 0.3 is 0 Å². The fraction of sp³-hybridized carbons (Fsp3) is 0.714. The molecule has 1 N–H and O–H groups in total. The minimum Gasteiger partial charge on any atom is -0.306 e. The zero-order chi connectivity index (χ0) is 12.4. The summed E-state index contributed by atoms with van der Waals surface area (Å²) in [5, 5.41) is 5.97. The maximum absolute atomic E-state index is 3.82. The lowest BCUT2D eigenvalue weighted by Crippen LogP contribution is -2.34. The van der Waals surface area contributed by atoms with Crippen LogP contribution in [0.25, 0.3) is 0 Å². The first-order valence-electron chi connectivity index (χ1n) is 6.62. The Morgan fingerprint density at radius 2 is 2.29 bits per heavy atom. The highest BCUT2D eigenvalue weighted by Crippen LogP contribution is 2.36. The SMILES string of the molecule is CCC1CCC(NC(C)c2sccc2Br)C1C. The minimum atomic E-state index is 0.465. The molecule has 1 aromatic rings. The van der Waals surface area contributed by atoms with Crippen molar-refractivity contribution in [3.63, 3.8) is 0 Å². The molecule has 0 amide bonds. The van der Waals surface area contributed by atoms with Crippen molar-refractivity contribution in [3.8, 4) is 0 Å². The number of hydrogen-bond donors (Lipinski definition) is 1. The van der Waals surface area contributed by atoms with Crippen molar-refractivity contribution in [2.75, 3.05) is 0 Å². The molecule has 3 heteroatoms. The van der Waals surface area contributed by atoms with Crippen LogP contribution in [0.3, 0.4) is 0 Å². The first kappa shape index (κ1) is 13.6. The van der Waals surface area contributed by atoms with Crippen LogP contribution in [0.15, 0.2) is 15.9 Å². The van der Waals surface area contributed by atoms with Gasteiger partial charge in [0.1, 0.15) is 0 Å². The van der Waals surface area contributed by atoms with E-state index in [9.17, 15) is 0 Å². The summed E-state index contributed by atoms with van der Waals surface area (Å²) < 4.78 is 1.25. The highest BCUT2D eigenvalue weighted by atomic mass is 79.9. The Labute approximate surface area is 117 Å². The lowest BCUT2D eigenvalue weighted by atomic mass is 9.93. The molecule has 0 aromatic carbocycles. The molecule has 0 saturated heterocycles. The Hall–Kier alpha value is 0.140. The number of thiophene rings is 1. The third-order valence-corrected chi connectivity index (χ3v) is 6.31. The van der Waals surface area contributed by atoms with Gasteiger partial charge in [-0.15, -0.1) is 11.3 Å². The minimum absolute atomic E-state index is 0.465. The molecule has 0 spiro atoms. The summed E-state index contributed by atoms with van der Waals surface area (Å²) in [6.45, 7) is 7.01. The highest BCUT2D eigenvalue weighted by Gasteiger charge is 2.32. The lowest BCUT2D eigenvalue weighted by Gasteiger charge is -2.24. The monoisotopic (exact) mass is 315 g/mol. The Morgan fingerprint density at radius 3 is 2.82 bits per heavy atom. The second-order valence-corrected chi connectivity index (χ2v) is 7.03. The zero-order valence-electron chi connectivity index (χ0n) is 10.9. The fourth-order valence-corrected chi connectivity index (χ4v) is 4.80. The van der Waals surface area contributed by atoms with Gasteiger partial charge in [0.15, 0.2) is 0 Å². The molecular formula is C14H22BrNS. The van der Waals surface area contributed by atoms with Gasteiger partial charge in [0.05, 0.1) is 0 Å². The Morgan fingerprint density at radius 1 is 1.53 bits per heavy atom. The maximum Gasteiger partial charge on any atom is 0.0399 e. The second-order valence-electron chi connectivity index (χ2n) is 5.23. The van der Waals surface area contributed by atoms with Crippen molar-refractivity contribution in [2.45, 2.75) is 52.1 Å². The van der Waals surface area contributed by atoms with E-state index in [1.807, 2.05) is 11.3 Å². The van der Waals surface area contributed by atoms with Gasteiger partial charge in [-0.05, 0) is 59.0 Å². The van der Waals surface area contributed by atoms with E-state index >= 15 is 0 Å². The molecule has 96 valence electrons. The maximum atomic E-state index is 3.82. The summed E-state index contributed by atoms with van der Waals surface area (Å²) in [6, 6.07) is 3.31. The molecular weight excluding hydrogens is 294 g/mol. The summed E-state index contributed by atoms with van der Waals surface area (Å²) in [6.07, 6.45) is 4.07. The molecule has 17 heavy (non-hydrogen) atoms. The third-order valence-electron chi connectivity index (χ3n) is 4.25. The average Bonchev–Trinajstić information content (AvgIpc) is 2.87. The van der Waals surface area contributed by atoms with Crippen molar-refractivity contribution >= 4 is 27.3 Å². The Bertz CT molecular complexity index is 363. The van der Waals surface area contributed by atoms with Crippen molar-refractivity contribution < 1.29 is 0 Å². The van der Waals surface area contributed by atoms with Gasteiger partial charge in [-0.3, -0.25) is 0 Å². The fourth-order valence-electron chi connectivity index (χ4n) is 3.07. The van der Waals surface area contributed by atoms with E-state index in [0.29, 0.717) is 12.1 Å². The van der Waals surface area contributed by atoms with E-state index in [-0.39, 0.29) is 0 Å². The topological polar surface area (TPSA) is 12.0 Å². The molecule has 1 nitrogen and oxygen atoms in total. The van der Waals surface area contributed by atoms with Gasteiger partial charge in [-0.2, -0.15) is 0 Å². The van der Waals surface area contributed by atoms with Gasteiger partial charge in [-0.1, -0.05) is 20.3 Å². The van der Waals surface area contributed by atoms with Crippen LogP contribution in [0.2, 0.25) is 0 Å². The van der Waals surface area contributed by atoms with Crippen molar-refractivity contribution in [2.24, 2.45) is 11.8 Å². The predicted octanol–water partition coefficient (Wildman–Crippen LogP) is 4.99. The normalized spacial score (nSPS) is 30.7. The Kier molecular flexibility index (Phi) is 4.67. The highest BCUT2D eigenvalue weighted by molar-refractivity contribution is 9.10. The van der Waals surface area contributed by atoms with Crippen LogP contribution in [0.5, 0.6) is 0 Å². The molecule has 2 rings (SSSR count). The molecule has 0 bridgehead atoms. The van der Waals surface area contributed by atoms with Gasteiger partial charge in [-0.25, -0.2) is 0 Å². The summed E-state index contributed by atoms with van der Waals surface area (Å²) in [5.41, 5.74) is 0. The van der Waals surface area contributed by atoms with E-state index in [4.69, 9.17) is 0 Å². The number of hydrogen-bond acceptors (Lipinski definition) is 2. The van der Waals surface area contributed by atoms with Crippen molar-refractivity contribution in [1.82, 2.24) is 5.32 Å². The van der Waals surface area contributed by atoms with E-state index in [1.54, 1.807) is 0 Å². The molecule has 1 aromatic heterocycles. The van der Waals surface area contributed by atoms with Crippen LogP contribution in [-0.4, -0.2) is 6.04 Å². The van der Waals surface area contributed by atoms with E-state index in [1.165, 1.54) is 28.6 Å². The quantitative estimate of drug-likeness (QED) is 0.825. The Balaban J connectivity index is 1.96. The molecule has 0 aliphatic heterocycles. The lowest BCUT2D eigenvalue weighted by molar-refractivity contribution is 0.328. The summed E-state index contributed by atoms with van der Waals surface area (Å²) in [5.74, 6) is 1.74. The second kappa shape index (κ2) is 5.85. The molecule has 0 radical (unpaired) electrons. The van der Waals surface area contributed by atoms with E-state index in [2.05, 4.69) is 53.5 Å². The number of rotatable bonds is 4. The zero-order valence-corrected chi connectivity index (χ0v) is 13.3. The smallest absolute Gasteiger partial charge is 0.0399 e.